The third kappa shape index (κ3) is 8.05. The van der Waals surface area contributed by atoms with E-state index in [4.69, 9.17) is 16.3 Å². The van der Waals surface area contributed by atoms with Crippen molar-refractivity contribution in [3.05, 3.63) is 66.5 Å². The number of carbonyl (C=O) groups excluding carboxylic acids is 2. The number of piperidine rings is 1. The molecule has 2 saturated carbocycles. The van der Waals surface area contributed by atoms with Crippen molar-refractivity contribution >= 4 is 57.2 Å². The number of benzene rings is 1. The number of carbonyl (C=O) groups is 2. The van der Waals surface area contributed by atoms with Gasteiger partial charge in [-0.05, 0) is 142 Å². The number of halogens is 1. The first-order valence-electron chi connectivity index (χ1n) is 20.3. The van der Waals surface area contributed by atoms with Gasteiger partial charge in [-0.15, -0.1) is 27.8 Å². The zero-order chi connectivity index (χ0) is 39.0. The molecule has 3 fully saturated rings. The van der Waals surface area contributed by atoms with Crippen LogP contribution in [0, 0.1) is 11.8 Å². The Hall–Kier alpha value is -2.95. The number of nitrogens with one attached hydrogen (secondary N) is 2. The van der Waals surface area contributed by atoms with Crippen LogP contribution in [0.2, 0.25) is 4.34 Å². The Morgan fingerprint density at radius 3 is 2.71 bits per heavy atom. The van der Waals surface area contributed by atoms with Crippen LogP contribution >= 0.6 is 34.3 Å². The molecule has 15 heteroatoms. The lowest BCUT2D eigenvalue weighted by atomic mass is 9.68. The molecule has 4 unspecified atom stereocenters. The molecule has 5 N–H and O–H groups in total. The fraction of sp³-hybridized carbons (Fsp3) is 0.610. The number of hydrogen-bond acceptors (Lipinski definition) is 12. The predicted octanol–water partition coefficient (Wildman–Crippen LogP) is 4.93. The molecule has 0 spiro atoms. The molecular formula is C41H53ClN6O6S2. The van der Waals surface area contributed by atoms with Crippen molar-refractivity contribution in [3.8, 4) is 0 Å². The molecule has 4 aromatic rings. The minimum atomic E-state index is -1.86. The molecule has 8 rings (SSSR count). The lowest BCUT2D eigenvalue weighted by Gasteiger charge is -2.45. The third-order valence-corrected chi connectivity index (χ3v) is 15.2. The van der Waals surface area contributed by atoms with Crippen LogP contribution in [0.1, 0.15) is 90.7 Å². The maximum absolute atomic E-state index is 13.5. The second-order valence-electron chi connectivity index (χ2n) is 16.3. The van der Waals surface area contributed by atoms with Crippen LogP contribution in [0.25, 0.3) is 11.0 Å². The van der Waals surface area contributed by atoms with Gasteiger partial charge in [-0.3, -0.25) is 4.79 Å². The van der Waals surface area contributed by atoms with Gasteiger partial charge in [0.2, 0.25) is 11.5 Å². The number of aryl methyl sites for hydroxylation is 2. The van der Waals surface area contributed by atoms with Gasteiger partial charge < -0.3 is 35.6 Å². The van der Waals surface area contributed by atoms with Crippen molar-refractivity contribution < 1.29 is 29.6 Å². The van der Waals surface area contributed by atoms with Crippen molar-refractivity contribution in [2.24, 2.45) is 11.8 Å². The molecule has 4 aliphatic rings. The van der Waals surface area contributed by atoms with Gasteiger partial charge in [-0.2, -0.15) is 0 Å². The molecular weight excluding hydrogens is 772 g/mol. The topological polar surface area (TPSA) is 162 Å². The van der Waals surface area contributed by atoms with Gasteiger partial charge in [-0.1, -0.05) is 22.9 Å². The van der Waals surface area contributed by atoms with Crippen LogP contribution in [0.5, 0.6) is 0 Å². The zero-order valence-electron chi connectivity index (χ0n) is 31.9. The number of rotatable bonds is 14. The summed E-state index contributed by atoms with van der Waals surface area (Å²) in [5.74, 6) is -0.507. The second kappa shape index (κ2) is 17.1. The molecule has 1 saturated heterocycles. The van der Waals surface area contributed by atoms with Gasteiger partial charge in [0, 0.05) is 32.1 Å². The fourth-order valence-corrected chi connectivity index (χ4v) is 11.9. The van der Waals surface area contributed by atoms with Crippen LogP contribution in [0.4, 0.5) is 0 Å². The van der Waals surface area contributed by atoms with E-state index in [2.05, 4.69) is 43.6 Å². The summed E-state index contributed by atoms with van der Waals surface area (Å²) in [5, 5.41) is 51.0. The average molecular weight is 825 g/mol. The molecule has 302 valence electrons. The monoisotopic (exact) mass is 824 g/mol. The summed E-state index contributed by atoms with van der Waals surface area (Å²) in [4.78, 5) is 28.9. The van der Waals surface area contributed by atoms with E-state index < -0.39 is 23.8 Å². The highest BCUT2D eigenvalue weighted by Crippen LogP contribution is 2.41. The lowest BCUT2D eigenvalue weighted by Crippen LogP contribution is -2.58. The highest BCUT2D eigenvalue weighted by Gasteiger charge is 2.46. The average Bonchev–Trinajstić information content (AvgIpc) is 4.03. The summed E-state index contributed by atoms with van der Waals surface area (Å²) in [6, 6.07) is 9.25. The SMILES string of the molecule is CN(CCCn1nnc2cc(CNC[C@H](O)C3CCC(O)C4NC(=O)CCC43)c3c(c21)CCC3)C1CCC(OC(=O)[C@](O)(c2cccs2)c2ccc(Cl)s2)CC1. The van der Waals surface area contributed by atoms with Crippen LogP contribution in [-0.2, 0) is 45.9 Å². The number of aliphatic hydroxyl groups is 3. The number of amides is 1. The van der Waals surface area contributed by atoms with Crippen LogP contribution in [-0.4, -0.2) is 97.6 Å². The van der Waals surface area contributed by atoms with E-state index in [1.165, 1.54) is 39.4 Å². The highest BCUT2D eigenvalue weighted by molar-refractivity contribution is 7.16. The summed E-state index contributed by atoms with van der Waals surface area (Å²) in [7, 11) is 2.17. The Labute approximate surface area is 340 Å². The summed E-state index contributed by atoms with van der Waals surface area (Å²) in [6.07, 6.45) is 8.55. The number of esters is 1. The second-order valence-corrected chi connectivity index (χ2v) is 19.0. The van der Waals surface area contributed by atoms with Crippen LogP contribution in [0.3, 0.4) is 0 Å². The number of nitrogens with zero attached hydrogens (tertiary/aromatic N) is 4. The lowest BCUT2D eigenvalue weighted by molar-refractivity contribution is -0.169. The quantitative estimate of drug-likeness (QED) is 0.110. The summed E-state index contributed by atoms with van der Waals surface area (Å²) in [5.41, 5.74) is 4.14. The van der Waals surface area contributed by atoms with E-state index in [0.29, 0.717) is 52.5 Å². The molecule has 3 aromatic heterocycles. The number of fused-ring (bicyclic) bond motifs is 4. The highest BCUT2D eigenvalue weighted by atomic mass is 35.5. The smallest absolute Gasteiger partial charge is 0.349 e. The zero-order valence-corrected chi connectivity index (χ0v) is 34.3. The first kappa shape index (κ1) is 39.9. The Kier molecular flexibility index (Phi) is 12.2. The predicted molar refractivity (Wildman–Crippen MR) is 217 cm³/mol. The number of ether oxygens (including phenoxy) is 1. The van der Waals surface area contributed by atoms with E-state index in [1.54, 1.807) is 18.2 Å². The van der Waals surface area contributed by atoms with Crippen molar-refractivity contribution in [1.29, 1.82) is 0 Å². The number of thiophene rings is 2. The molecule has 1 amide bonds. The molecule has 6 atom stereocenters. The van der Waals surface area contributed by atoms with E-state index in [1.807, 2.05) is 11.4 Å². The maximum Gasteiger partial charge on any atom is 0.349 e. The van der Waals surface area contributed by atoms with Crippen molar-refractivity contribution in [2.75, 3.05) is 20.1 Å². The molecule has 1 aromatic carbocycles. The van der Waals surface area contributed by atoms with Gasteiger partial charge in [0.25, 0.3) is 0 Å². The number of aliphatic hydroxyl groups excluding tert-OH is 2. The Balaban J connectivity index is 0.821. The van der Waals surface area contributed by atoms with Gasteiger partial charge in [0.05, 0.1) is 37.9 Å². The first-order valence-corrected chi connectivity index (χ1v) is 22.3. The Morgan fingerprint density at radius 2 is 1.95 bits per heavy atom. The minimum absolute atomic E-state index is 0.00765. The van der Waals surface area contributed by atoms with Gasteiger partial charge in [0.15, 0.2) is 0 Å². The molecule has 1 aliphatic heterocycles. The van der Waals surface area contributed by atoms with Gasteiger partial charge in [0.1, 0.15) is 11.6 Å². The van der Waals surface area contributed by atoms with Crippen LogP contribution in [0.15, 0.2) is 35.7 Å². The molecule has 4 heterocycles. The number of aromatic nitrogens is 3. The molecule has 0 radical (unpaired) electrons. The molecule has 0 bridgehead atoms. The van der Waals surface area contributed by atoms with E-state index in [9.17, 15) is 24.9 Å². The summed E-state index contributed by atoms with van der Waals surface area (Å²) >= 11 is 8.69. The minimum Gasteiger partial charge on any atom is -0.460 e. The van der Waals surface area contributed by atoms with E-state index >= 15 is 0 Å². The standard InChI is InChI=1S/C41H53ClN6O6S2/c1-47(25-8-10-26(11-9-25)54-40(52)41(53,34-7-3-20-55-34)35-15-16-36(42)56-35)18-4-19-48-39-30-6-2-5-27(30)24(21-31(39)45-46-48)22-43-23-33(50)28-12-14-32(49)38-29(28)13-17-37(51)44-38/h3,7,15-16,20-21,25-26,28-29,32-33,38,43,49-50,53H,2,4-6,8-14,17-19,22-23H2,1H3,(H,44,51)/t25?,26?,28?,29?,32?,33-,38?,41-/m0/s1. The summed E-state index contributed by atoms with van der Waals surface area (Å²) < 4.78 is 8.57. The maximum atomic E-state index is 13.5. The number of hydrogen-bond donors (Lipinski definition) is 5. The molecule has 56 heavy (non-hydrogen) atoms. The van der Waals surface area contributed by atoms with Gasteiger partial charge >= 0.3 is 5.97 Å². The van der Waals surface area contributed by atoms with Crippen molar-refractivity contribution in [1.82, 2.24) is 30.5 Å². The largest absolute Gasteiger partial charge is 0.460 e. The van der Waals surface area contributed by atoms with Crippen molar-refractivity contribution in [3.63, 3.8) is 0 Å². The Bertz CT molecular complexity index is 2000. The van der Waals surface area contributed by atoms with E-state index in [0.717, 1.165) is 81.9 Å². The molecule has 3 aliphatic carbocycles. The van der Waals surface area contributed by atoms with Crippen LogP contribution < -0.4 is 10.6 Å². The first-order chi connectivity index (χ1) is 27.1. The summed E-state index contributed by atoms with van der Waals surface area (Å²) in [6.45, 7) is 2.79. The third-order valence-electron chi connectivity index (χ3n) is 12.9. The fourth-order valence-electron chi connectivity index (χ4n) is 9.91. The molecule has 12 nitrogen and oxygen atoms in total. The van der Waals surface area contributed by atoms with Gasteiger partial charge in [-0.25, -0.2) is 9.48 Å². The van der Waals surface area contributed by atoms with E-state index in [-0.39, 0.29) is 29.9 Å². The Morgan fingerprint density at radius 1 is 1.12 bits per heavy atom. The van der Waals surface area contributed by atoms with Crippen molar-refractivity contribution in [2.45, 2.75) is 126 Å². The normalized spacial score (nSPS) is 26.8.